The van der Waals surface area contributed by atoms with Gasteiger partial charge in [-0.2, -0.15) is 5.26 Å². The fourth-order valence-corrected chi connectivity index (χ4v) is 4.24. The molecule has 0 saturated carbocycles. The summed E-state index contributed by atoms with van der Waals surface area (Å²) in [4.78, 5) is 17.0. The first-order valence-corrected chi connectivity index (χ1v) is 7.34. The van der Waals surface area contributed by atoms with E-state index < -0.39 is 5.97 Å². The Bertz CT molecular complexity index is 490. The number of piperidine rings is 2. The SMILES string of the molecule is CCOC(=O)/C(C#N)=C1\C2CN3CCN(C2)CC1(C)C3. The summed E-state index contributed by atoms with van der Waals surface area (Å²) in [6, 6.07) is 2.13. The monoisotopic (exact) mass is 275 g/mol. The molecule has 2 atom stereocenters. The summed E-state index contributed by atoms with van der Waals surface area (Å²) < 4.78 is 5.08. The van der Waals surface area contributed by atoms with E-state index in [1.807, 2.05) is 0 Å². The first-order chi connectivity index (χ1) is 9.57. The number of rotatable bonds is 2. The van der Waals surface area contributed by atoms with Crippen LogP contribution in [0, 0.1) is 22.7 Å². The first kappa shape index (κ1) is 13.6. The molecule has 0 aromatic heterocycles. The van der Waals surface area contributed by atoms with Crippen LogP contribution in [-0.2, 0) is 9.53 Å². The number of fused-ring (bicyclic) bond motifs is 1. The largest absolute Gasteiger partial charge is 0.462 e. The average molecular weight is 275 g/mol. The van der Waals surface area contributed by atoms with Gasteiger partial charge in [-0.15, -0.1) is 0 Å². The van der Waals surface area contributed by atoms with Crippen molar-refractivity contribution in [2.45, 2.75) is 13.8 Å². The van der Waals surface area contributed by atoms with Crippen molar-refractivity contribution in [1.82, 2.24) is 9.80 Å². The van der Waals surface area contributed by atoms with Crippen LogP contribution in [0.3, 0.4) is 0 Å². The second-order valence-corrected chi connectivity index (χ2v) is 6.35. The maximum absolute atomic E-state index is 12.1. The Labute approximate surface area is 119 Å². The number of carbonyl (C=O) groups is 1. The molecule has 4 aliphatic heterocycles. The molecule has 108 valence electrons. The van der Waals surface area contributed by atoms with E-state index in [4.69, 9.17) is 4.74 Å². The van der Waals surface area contributed by atoms with E-state index in [-0.39, 0.29) is 11.0 Å². The smallest absolute Gasteiger partial charge is 0.348 e. The molecule has 4 fully saturated rings. The average Bonchev–Trinajstić information content (AvgIpc) is 2.61. The van der Waals surface area contributed by atoms with Crippen LogP contribution in [0.5, 0.6) is 0 Å². The number of hydrogen-bond donors (Lipinski definition) is 0. The quantitative estimate of drug-likeness (QED) is 0.420. The predicted molar refractivity (Wildman–Crippen MR) is 73.7 cm³/mol. The third-order valence-electron chi connectivity index (χ3n) is 4.75. The summed E-state index contributed by atoms with van der Waals surface area (Å²) >= 11 is 0. The fourth-order valence-electron chi connectivity index (χ4n) is 4.24. The molecule has 4 saturated heterocycles. The van der Waals surface area contributed by atoms with Crippen molar-refractivity contribution >= 4 is 5.97 Å². The molecule has 0 aromatic rings. The molecule has 4 heterocycles. The molecular formula is C15H21N3O2. The Balaban J connectivity index is 2.05. The van der Waals surface area contributed by atoms with Crippen LogP contribution >= 0.6 is 0 Å². The molecule has 0 spiro atoms. The van der Waals surface area contributed by atoms with Gasteiger partial charge in [0.05, 0.1) is 6.61 Å². The Morgan fingerprint density at radius 3 is 2.45 bits per heavy atom. The highest BCUT2D eigenvalue weighted by Gasteiger charge is 2.50. The van der Waals surface area contributed by atoms with Crippen LogP contribution < -0.4 is 0 Å². The van der Waals surface area contributed by atoms with Crippen LogP contribution in [0.4, 0.5) is 0 Å². The molecule has 0 N–H and O–H groups in total. The van der Waals surface area contributed by atoms with Gasteiger partial charge in [0.25, 0.3) is 0 Å². The van der Waals surface area contributed by atoms with Crippen molar-refractivity contribution in [3.63, 3.8) is 0 Å². The maximum atomic E-state index is 12.1. The lowest BCUT2D eigenvalue weighted by Gasteiger charge is -2.50. The van der Waals surface area contributed by atoms with Gasteiger partial charge in [0.15, 0.2) is 0 Å². The number of hydrogen-bond acceptors (Lipinski definition) is 5. The Morgan fingerprint density at radius 1 is 1.40 bits per heavy atom. The highest BCUT2D eigenvalue weighted by atomic mass is 16.5. The molecule has 4 bridgehead atoms. The fraction of sp³-hybridized carbons (Fsp3) is 0.733. The lowest BCUT2D eigenvalue weighted by atomic mass is 9.67. The van der Waals surface area contributed by atoms with Crippen molar-refractivity contribution in [2.75, 3.05) is 45.9 Å². The third-order valence-corrected chi connectivity index (χ3v) is 4.75. The number of carbonyl (C=O) groups excluding carboxylic acids is 1. The standard InChI is InChI=1S/C15H21N3O2/c1-3-20-14(19)12(6-16)13-11-7-17-4-5-18(8-11)10-15(13,2)9-17/h11H,3-5,7-10H2,1-2H3/b13-12+. The summed E-state index contributed by atoms with van der Waals surface area (Å²) in [5, 5.41) is 9.46. The van der Waals surface area contributed by atoms with Gasteiger partial charge in [-0.05, 0) is 12.5 Å². The van der Waals surface area contributed by atoms with Crippen molar-refractivity contribution in [3.05, 3.63) is 11.1 Å². The van der Waals surface area contributed by atoms with E-state index in [2.05, 4.69) is 22.8 Å². The first-order valence-electron chi connectivity index (χ1n) is 7.34. The summed E-state index contributed by atoms with van der Waals surface area (Å²) in [5.74, 6) is -0.147. The minimum atomic E-state index is -0.442. The van der Waals surface area contributed by atoms with Gasteiger partial charge < -0.3 is 14.5 Å². The van der Waals surface area contributed by atoms with Gasteiger partial charge in [-0.25, -0.2) is 4.79 Å². The Morgan fingerprint density at radius 2 is 2.00 bits per heavy atom. The summed E-state index contributed by atoms with van der Waals surface area (Å²) in [6.07, 6.45) is 0. The zero-order valence-electron chi connectivity index (χ0n) is 12.2. The highest BCUT2D eigenvalue weighted by molar-refractivity contribution is 5.94. The number of nitriles is 1. The molecule has 0 radical (unpaired) electrons. The maximum Gasteiger partial charge on any atom is 0.348 e. The van der Waals surface area contributed by atoms with Crippen molar-refractivity contribution < 1.29 is 9.53 Å². The molecule has 4 aliphatic rings. The van der Waals surface area contributed by atoms with Crippen molar-refractivity contribution in [3.8, 4) is 6.07 Å². The van der Waals surface area contributed by atoms with Crippen molar-refractivity contribution in [1.29, 1.82) is 5.26 Å². The third kappa shape index (κ3) is 2.04. The van der Waals surface area contributed by atoms with Gasteiger partial charge in [-0.3, -0.25) is 0 Å². The topological polar surface area (TPSA) is 56.6 Å². The minimum Gasteiger partial charge on any atom is -0.462 e. The molecule has 5 heteroatoms. The van der Waals surface area contributed by atoms with Crippen LogP contribution in [0.15, 0.2) is 11.1 Å². The van der Waals surface area contributed by atoms with Gasteiger partial charge in [0.2, 0.25) is 0 Å². The normalized spacial score (nSPS) is 41.0. The van der Waals surface area contributed by atoms with E-state index >= 15 is 0 Å². The lowest BCUT2D eigenvalue weighted by Crippen LogP contribution is -2.55. The minimum absolute atomic E-state index is 0.0878. The Hall–Kier alpha value is -1.38. The van der Waals surface area contributed by atoms with Gasteiger partial charge >= 0.3 is 5.97 Å². The Kier molecular flexibility index (Phi) is 3.31. The highest BCUT2D eigenvalue weighted by Crippen LogP contribution is 2.46. The summed E-state index contributed by atoms with van der Waals surface area (Å²) in [5.41, 5.74) is 1.23. The molecule has 0 amide bonds. The molecule has 20 heavy (non-hydrogen) atoms. The molecule has 0 aromatic carbocycles. The second-order valence-electron chi connectivity index (χ2n) is 6.35. The van der Waals surface area contributed by atoms with Gasteiger partial charge in [-0.1, -0.05) is 6.92 Å². The molecule has 4 rings (SSSR count). The van der Waals surface area contributed by atoms with Crippen LogP contribution in [0.25, 0.3) is 0 Å². The number of ether oxygens (including phenoxy) is 1. The van der Waals surface area contributed by atoms with E-state index in [0.717, 1.165) is 44.8 Å². The number of nitrogens with zero attached hydrogens (tertiary/aromatic N) is 3. The zero-order chi connectivity index (χ0) is 14.3. The lowest BCUT2D eigenvalue weighted by molar-refractivity contribution is -0.138. The zero-order valence-corrected chi connectivity index (χ0v) is 12.2. The number of esters is 1. The van der Waals surface area contributed by atoms with E-state index in [9.17, 15) is 10.1 Å². The van der Waals surface area contributed by atoms with Gasteiger partial charge in [0, 0.05) is 50.6 Å². The van der Waals surface area contributed by atoms with Crippen molar-refractivity contribution in [2.24, 2.45) is 11.3 Å². The van der Waals surface area contributed by atoms with Crippen LogP contribution in [0.2, 0.25) is 0 Å². The van der Waals surface area contributed by atoms with Crippen LogP contribution in [0.1, 0.15) is 13.8 Å². The predicted octanol–water partition coefficient (Wildman–Crippen LogP) is 0.637. The van der Waals surface area contributed by atoms with E-state index in [1.165, 1.54) is 0 Å². The second kappa shape index (κ2) is 4.87. The molecular weight excluding hydrogens is 254 g/mol. The van der Waals surface area contributed by atoms with Crippen LogP contribution in [-0.4, -0.2) is 61.6 Å². The van der Waals surface area contributed by atoms with E-state index in [0.29, 0.717) is 12.5 Å². The molecule has 0 aliphatic carbocycles. The summed E-state index contributed by atoms with van der Waals surface area (Å²) in [6.45, 7) is 10.3. The van der Waals surface area contributed by atoms with Gasteiger partial charge in [0.1, 0.15) is 11.6 Å². The molecule has 2 unspecified atom stereocenters. The molecule has 5 nitrogen and oxygen atoms in total. The van der Waals surface area contributed by atoms with E-state index in [1.54, 1.807) is 6.92 Å². The summed E-state index contributed by atoms with van der Waals surface area (Å²) in [7, 11) is 0.